The molecule has 4 fully saturated rings. The van der Waals surface area contributed by atoms with Crippen LogP contribution in [-0.2, 0) is 14.8 Å². The second-order valence-corrected chi connectivity index (χ2v) is 11.3. The molecule has 4 aliphatic rings. The van der Waals surface area contributed by atoms with Crippen molar-refractivity contribution in [2.75, 3.05) is 19.7 Å². The number of amides is 1. The van der Waals surface area contributed by atoms with Crippen LogP contribution in [0.2, 0.25) is 0 Å². The van der Waals surface area contributed by atoms with Crippen LogP contribution in [0.15, 0.2) is 29.2 Å². The van der Waals surface area contributed by atoms with Crippen LogP contribution < -0.4 is 14.8 Å². The van der Waals surface area contributed by atoms with Gasteiger partial charge in [-0.05, 0) is 99.3 Å². The summed E-state index contributed by atoms with van der Waals surface area (Å²) in [4.78, 5) is 12.4. The first-order valence-electron chi connectivity index (χ1n) is 11.4. The lowest BCUT2D eigenvalue weighted by molar-refractivity contribution is -0.121. The van der Waals surface area contributed by atoms with E-state index in [4.69, 9.17) is 4.74 Å². The first-order chi connectivity index (χ1) is 14.4. The van der Waals surface area contributed by atoms with Gasteiger partial charge in [-0.25, -0.2) is 13.1 Å². The number of carbonyl (C=O) groups excluding carboxylic acids is 1. The number of sulfonamides is 1. The summed E-state index contributed by atoms with van der Waals surface area (Å²) in [5.41, 5.74) is 0.456. The highest BCUT2D eigenvalue weighted by Gasteiger charge is 2.50. The van der Waals surface area contributed by atoms with Crippen LogP contribution in [0.1, 0.15) is 58.3 Å². The maximum absolute atomic E-state index is 12.4. The molecule has 0 unspecified atom stereocenters. The molecule has 1 aromatic carbocycles. The van der Waals surface area contributed by atoms with Crippen molar-refractivity contribution in [3.8, 4) is 5.75 Å². The Hall–Kier alpha value is -1.60. The van der Waals surface area contributed by atoms with Crippen molar-refractivity contribution in [2.24, 2.45) is 23.2 Å². The summed E-state index contributed by atoms with van der Waals surface area (Å²) in [6.07, 6.45) is 9.54. The van der Waals surface area contributed by atoms with Crippen LogP contribution in [0, 0.1) is 23.2 Å². The summed E-state index contributed by atoms with van der Waals surface area (Å²) in [5, 5.41) is 3.01. The maximum Gasteiger partial charge on any atom is 0.240 e. The lowest BCUT2D eigenvalue weighted by Crippen LogP contribution is -2.47. The van der Waals surface area contributed by atoms with Gasteiger partial charge in [0.15, 0.2) is 0 Å². The third kappa shape index (κ3) is 4.99. The molecule has 0 spiro atoms. The van der Waals surface area contributed by atoms with E-state index in [1.54, 1.807) is 12.1 Å². The van der Waals surface area contributed by atoms with Crippen LogP contribution in [0.5, 0.6) is 5.75 Å². The minimum Gasteiger partial charge on any atom is -0.494 e. The largest absolute Gasteiger partial charge is 0.494 e. The third-order valence-corrected chi connectivity index (χ3v) is 8.71. The smallest absolute Gasteiger partial charge is 0.240 e. The van der Waals surface area contributed by atoms with Crippen LogP contribution in [0.4, 0.5) is 0 Å². The molecular weight excluding hydrogens is 400 g/mol. The molecule has 30 heavy (non-hydrogen) atoms. The molecule has 1 aromatic rings. The highest BCUT2D eigenvalue weighted by Crippen LogP contribution is 2.61. The molecule has 0 heterocycles. The summed E-state index contributed by atoms with van der Waals surface area (Å²) in [6.45, 7) is 3.21. The number of carbonyl (C=O) groups is 1. The van der Waals surface area contributed by atoms with Gasteiger partial charge in [-0.1, -0.05) is 0 Å². The number of benzene rings is 1. The number of rotatable bonds is 10. The second-order valence-electron chi connectivity index (χ2n) is 9.57. The maximum atomic E-state index is 12.4. The molecule has 4 bridgehead atoms. The first kappa shape index (κ1) is 21.6. The number of hydrogen-bond donors (Lipinski definition) is 2. The molecule has 5 rings (SSSR count). The zero-order valence-corrected chi connectivity index (χ0v) is 18.7. The molecular formula is C23H34N2O4S. The monoisotopic (exact) mass is 434 g/mol. The van der Waals surface area contributed by atoms with E-state index in [0.29, 0.717) is 24.3 Å². The fourth-order valence-electron chi connectivity index (χ4n) is 6.42. The van der Waals surface area contributed by atoms with Gasteiger partial charge < -0.3 is 10.1 Å². The van der Waals surface area contributed by atoms with Crippen molar-refractivity contribution < 1.29 is 17.9 Å². The Morgan fingerprint density at radius 3 is 2.20 bits per heavy atom. The zero-order valence-electron chi connectivity index (χ0n) is 17.9. The third-order valence-electron chi connectivity index (χ3n) is 7.23. The summed E-state index contributed by atoms with van der Waals surface area (Å²) in [6, 6.07) is 6.29. The van der Waals surface area contributed by atoms with Crippen molar-refractivity contribution in [2.45, 2.75) is 63.2 Å². The molecule has 2 N–H and O–H groups in total. The Bertz CT molecular complexity index is 815. The second kappa shape index (κ2) is 8.87. The van der Waals surface area contributed by atoms with Gasteiger partial charge >= 0.3 is 0 Å². The number of nitrogens with one attached hydrogen (secondary N) is 2. The predicted octanol–water partition coefficient (Wildman–Crippen LogP) is 3.48. The van der Waals surface area contributed by atoms with Gasteiger partial charge in [-0.15, -0.1) is 0 Å². The summed E-state index contributed by atoms with van der Waals surface area (Å²) in [5.74, 6) is 3.31. The van der Waals surface area contributed by atoms with E-state index in [1.807, 2.05) is 6.92 Å². The summed E-state index contributed by atoms with van der Waals surface area (Å²) < 4.78 is 32.6. The average Bonchev–Trinajstić information content (AvgIpc) is 2.67. The minimum atomic E-state index is -3.62. The molecule has 1 amide bonds. The Morgan fingerprint density at radius 2 is 1.63 bits per heavy atom. The van der Waals surface area contributed by atoms with Gasteiger partial charge in [0.25, 0.3) is 0 Å². The van der Waals surface area contributed by atoms with E-state index >= 15 is 0 Å². The first-order valence-corrected chi connectivity index (χ1v) is 12.8. The SMILES string of the molecule is CCOc1ccc(S(=O)(=O)NCCC(=O)NCCC23CC4CC(CC(C4)C2)C3)cc1. The van der Waals surface area contributed by atoms with Crippen molar-refractivity contribution in [1.82, 2.24) is 10.0 Å². The standard InChI is InChI=1S/C23H34N2O4S/c1-2-29-20-3-5-21(6-4-20)30(27,28)25-9-7-22(26)24-10-8-23-14-17-11-18(15-23)13-19(12-17)16-23/h3-6,17-19,25H,2,7-16H2,1H3,(H,24,26). The Balaban J connectivity index is 1.18. The van der Waals surface area contributed by atoms with Crippen LogP contribution >= 0.6 is 0 Å². The van der Waals surface area contributed by atoms with E-state index in [0.717, 1.165) is 24.2 Å². The highest BCUT2D eigenvalue weighted by molar-refractivity contribution is 7.89. The summed E-state index contributed by atoms with van der Waals surface area (Å²) >= 11 is 0. The van der Waals surface area contributed by atoms with Gasteiger partial charge in [-0.2, -0.15) is 0 Å². The molecule has 0 saturated heterocycles. The Kier molecular flexibility index (Phi) is 6.39. The molecule has 7 heteroatoms. The highest BCUT2D eigenvalue weighted by atomic mass is 32.2. The fraction of sp³-hybridized carbons (Fsp3) is 0.696. The van der Waals surface area contributed by atoms with Crippen molar-refractivity contribution >= 4 is 15.9 Å². The van der Waals surface area contributed by atoms with E-state index in [2.05, 4.69) is 10.0 Å². The van der Waals surface area contributed by atoms with Crippen LogP contribution in [0.3, 0.4) is 0 Å². The van der Waals surface area contributed by atoms with Crippen molar-refractivity contribution in [1.29, 1.82) is 0 Å². The minimum absolute atomic E-state index is 0.0888. The predicted molar refractivity (Wildman–Crippen MR) is 116 cm³/mol. The van der Waals surface area contributed by atoms with Gasteiger partial charge in [0.05, 0.1) is 11.5 Å². The zero-order chi connectivity index (χ0) is 21.2. The molecule has 4 saturated carbocycles. The van der Waals surface area contributed by atoms with Crippen LogP contribution in [-0.4, -0.2) is 34.0 Å². The van der Waals surface area contributed by atoms with Crippen LogP contribution in [0.25, 0.3) is 0 Å². The van der Waals surface area contributed by atoms with E-state index in [-0.39, 0.29) is 23.8 Å². The Morgan fingerprint density at radius 1 is 1.03 bits per heavy atom. The van der Waals surface area contributed by atoms with Gasteiger partial charge in [0, 0.05) is 19.5 Å². The van der Waals surface area contributed by atoms with E-state index in [9.17, 15) is 13.2 Å². The summed E-state index contributed by atoms with van der Waals surface area (Å²) in [7, 11) is -3.62. The fourth-order valence-corrected chi connectivity index (χ4v) is 7.45. The quantitative estimate of drug-likeness (QED) is 0.590. The lowest BCUT2D eigenvalue weighted by Gasteiger charge is -2.57. The number of hydrogen-bond acceptors (Lipinski definition) is 4. The molecule has 6 nitrogen and oxygen atoms in total. The van der Waals surface area contributed by atoms with Crippen molar-refractivity contribution in [3.63, 3.8) is 0 Å². The Labute approximate surface area is 180 Å². The van der Waals surface area contributed by atoms with E-state index < -0.39 is 10.0 Å². The average molecular weight is 435 g/mol. The number of ether oxygens (including phenoxy) is 1. The molecule has 0 radical (unpaired) electrons. The van der Waals surface area contributed by atoms with Crippen molar-refractivity contribution in [3.05, 3.63) is 24.3 Å². The lowest BCUT2D eigenvalue weighted by atomic mass is 9.49. The normalized spacial score (nSPS) is 29.7. The van der Waals surface area contributed by atoms with E-state index in [1.165, 1.54) is 50.7 Å². The van der Waals surface area contributed by atoms with Gasteiger partial charge in [-0.3, -0.25) is 4.79 Å². The molecule has 0 aromatic heterocycles. The molecule has 0 atom stereocenters. The molecule has 4 aliphatic carbocycles. The van der Waals surface area contributed by atoms with Gasteiger partial charge in [0.2, 0.25) is 15.9 Å². The molecule has 166 valence electrons. The topological polar surface area (TPSA) is 84.5 Å². The molecule has 0 aliphatic heterocycles. The van der Waals surface area contributed by atoms with Gasteiger partial charge in [0.1, 0.15) is 5.75 Å².